The van der Waals surface area contributed by atoms with E-state index >= 15 is 0 Å². The maximum atomic E-state index is 10.3. The van der Waals surface area contributed by atoms with Crippen molar-refractivity contribution in [3.8, 4) is 0 Å². The van der Waals surface area contributed by atoms with E-state index in [1.54, 1.807) is 0 Å². The van der Waals surface area contributed by atoms with Crippen LogP contribution in [0.15, 0.2) is 0 Å². The molecule has 0 saturated carbocycles. The molecule has 0 aromatic heterocycles. The Morgan fingerprint density at radius 1 is 1.40 bits per heavy atom. The van der Waals surface area contributed by atoms with Crippen LogP contribution in [0, 0.1) is 0 Å². The summed E-state index contributed by atoms with van der Waals surface area (Å²) < 4.78 is 4.15. The number of rotatable bonds is 4. The summed E-state index contributed by atoms with van der Waals surface area (Å²) in [6.45, 7) is -0.606. The monoisotopic (exact) mass is 174 g/mol. The Balaban J connectivity index is 0. The summed E-state index contributed by atoms with van der Waals surface area (Å²) in [5.41, 5.74) is 0. The van der Waals surface area contributed by atoms with Gasteiger partial charge < -0.3 is 14.9 Å². The minimum absolute atomic E-state index is 0. The summed E-state index contributed by atoms with van der Waals surface area (Å²) in [7, 11) is 0. The van der Waals surface area contributed by atoms with Gasteiger partial charge in [-0.2, -0.15) is 0 Å². The van der Waals surface area contributed by atoms with Gasteiger partial charge >= 0.3 is 57.4 Å². The van der Waals surface area contributed by atoms with E-state index in [-0.39, 0.29) is 64.4 Å². The molecule has 0 spiro atoms. The first-order valence-corrected chi connectivity index (χ1v) is 2.68. The van der Waals surface area contributed by atoms with Gasteiger partial charge in [0, 0.05) is 13.0 Å². The van der Waals surface area contributed by atoms with Crippen LogP contribution in [0.5, 0.6) is 0 Å². The van der Waals surface area contributed by atoms with E-state index in [0.717, 1.165) is 0 Å². The van der Waals surface area contributed by atoms with E-state index in [9.17, 15) is 4.79 Å². The molecule has 4 nitrogen and oxygen atoms in total. The van der Waals surface area contributed by atoms with Crippen molar-refractivity contribution in [2.75, 3.05) is 13.4 Å². The van der Waals surface area contributed by atoms with E-state index in [0.29, 0.717) is 6.42 Å². The van der Waals surface area contributed by atoms with Crippen molar-refractivity contribution in [2.45, 2.75) is 12.8 Å². The third kappa shape index (κ3) is 9.03. The molecule has 0 atom stereocenters. The van der Waals surface area contributed by atoms with E-state index in [1.807, 2.05) is 0 Å². The van der Waals surface area contributed by atoms with Crippen LogP contribution in [-0.2, 0) is 9.53 Å². The van der Waals surface area contributed by atoms with Crippen LogP contribution < -0.4 is 0 Å². The molecule has 0 rings (SSSR count). The van der Waals surface area contributed by atoms with Crippen molar-refractivity contribution in [3.63, 3.8) is 0 Å². The topological polar surface area (TPSA) is 66.8 Å². The molecule has 0 aliphatic rings. The molecule has 0 unspecified atom stereocenters. The van der Waals surface area contributed by atoms with Crippen LogP contribution in [0.25, 0.3) is 0 Å². The van der Waals surface area contributed by atoms with Gasteiger partial charge in [-0.25, -0.2) is 0 Å². The fraction of sp³-hybridized carbons (Fsp3) is 0.800. The summed E-state index contributed by atoms with van der Waals surface area (Å²) in [4.78, 5) is 10.3. The minimum atomic E-state index is -0.579. The van der Waals surface area contributed by atoms with E-state index in [4.69, 9.17) is 10.2 Å². The molecule has 2 N–H and O–H groups in total. The summed E-state index contributed by atoms with van der Waals surface area (Å²) in [5.74, 6) is -0.480. The van der Waals surface area contributed by atoms with Gasteiger partial charge in [-0.05, 0) is 6.42 Å². The average molecular weight is 174 g/mol. The Hall–Kier alpha value is 1.03. The Morgan fingerprint density at radius 3 is 2.40 bits per heavy atom. The van der Waals surface area contributed by atoms with Crippen LogP contribution in [-0.4, -0.2) is 81.0 Å². The molecule has 0 bridgehead atoms. The SMILES string of the molecule is O=C(CCCO)OCO.[KH]. The quantitative estimate of drug-likeness (QED) is 0.312. The molecule has 0 aromatic rings. The normalized spacial score (nSPS) is 8.20. The van der Waals surface area contributed by atoms with Crippen LogP contribution in [0.3, 0.4) is 0 Å². The maximum absolute atomic E-state index is 10.3. The second-order valence-corrected chi connectivity index (χ2v) is 1.47. The molecule has 0 saturated heterocycles. The first-order valence-electron chi connectivity index (χ1n) is 2.68. The van der Waals surface area contributed by atoms with Gasteiger partial charge in [0.2, 0.25) is 0 Å². The third-order valence-electron chi connectivity index (χ3n) is 0.765. The Bertz CT molecular complexity index is 85.7. The molecule has 0 fully saturated rings. The van der Waals surface area contributed by atoms with Gasteiger partial charge in [0.05, 0.1) is 0 Å². The molecule has 10 heavy (non-hydrogen) atoms. The number of carbonyl (C=O) groups excluding carboxylic acids is 1. The van der Waals surface area contributed by atoms with Crippen molar-refractivity contribution >= 4 is 57.4 Å². The summed E-state index contributed by atoms with van der Waals surface area (Å²) in [6, 6.07) is 0. The van der Waals surface area contributed by atoms with Gasteiger partial charge in [0.1, 0.15) is 0 Å². The van der Waals surface area contributed by atoms with E-state index in [2.05, 4.69) is 4.74 Å². The zero-order valence-corrected chi connectivity index (χ0v) is 5.04. The second kappa shape index (κ2) is 10.0. The van der Waals surface area contributed by atoms with Gasteiger partial charge in [0.25, 0.3) is 0 Å². The number of carbonyl (C=O) groups is 1. The van der Waals surface area contributed by atoms with Crippen LogP contribution in [0.2, 0.25) is 0 Å². The van der Waals surface area contributed by atoms with Crippen molar-refractivity contribution in [1.82, 2.24) is 0 Å². The third-order valence-corrected chi connectivity index (χ3v) is 0.765. The van der Waals surface area contributed by atoms with Crippen molar-refractivity contribution < 1.29 is 19.7 Å². The van der Waals surface area contributed by atoms with Gasteiger partial charge in [-0.15, -0.1) is 0 Å². The molecule has 0 aliphatic heterocycles. The first-order chi connectivity index (χ1) is 4.31. The molecule has 5 heteroatoms. The predicted molar refractivity (Wildman–Crippen MR) is 36.6 cm³/mol. The summed E-state index contributed by atoms with van der Waals surface area (Å²) >= 11 is 0. The van der Waals surface area contributed by atoms with E-state index in [1.165, 1.54) is 0 Å². The Morgan fingerprint density at radius 2 is 2.00 bits per heavy atom. The average Bonchev–Trinajstić information content (AvgIpc) is 1.85. The van der Waals surface area contributed by atoms with Crippen molar-refractivity contribution in [3.05, 3.63) is 0 Å². The number of hydrogen-bond acceptors (Lipinski definition) is 4. The molecule has 0 amide bonds. The number of ether oxygens (including phenoxy) is 1. The fourth-order valence-corrected chi connectivity index (χ4v) is 0.368. The Labute approximate surface area is 102 Å². The van der Waals surface area contributed by atoms with Gasteiger partial charge in [0.15, 0.2) is 6.79 Å². The predicted octanol–water partition coefficient (Wildman–Crippen LogP) is -1.40. The second-order valence-electron chi connectivity index (χ2n) is 1.47. The number of hydrogen-bond donors (Lipinski definition) is 2. The molecular weight excluding hydrogens is 163 g/mol. The number of aliphatic hydroxyl groups excluding tert-OH is 2. The van der Waals surface area contributed by atoms with Gasteiger partial charge in [-0.3, -0.25) is 4.79 Å². The fourth-order valence-electron chi connectivity index (χ4n) is 0.368. The summed E-state index contributed by atoms with van der Waals surface area (Å²) in [5, 5.41) is 16.2. The molecule has 56 valence electrons. The Kier molecular flexibility index (Phi) is 13.6. The zero-order valence-electron chi connectivity index (χ0n) is 5.04. The zero-order chi connectivity index (χ0) is 7.11. The van der Waals surface area contributed by atoms with Crippen molar-refractivity contribution in [1.29, 1.82) is 0 Å². The number of aliphatic hydroxyl groups is 2. The van der Waals surface area contributed by atoms with Crippen LogP contribution >= 0.6 is 0 Å². The molecule has 0 aliphatic carbocycles. The number of esters is 1. The van der Waals surface area contributed by atoms with Crippen LogP contribution in [0.1, 0.15) is 12.8 Å². The molecule has 0 heterocycles. The summed E-state index contributed by atoms with van der Waals surface area (Å²) in [6.07, 6.45) is 0.551. The van der Waals surface area contributed by atoms with E-state index < -0.39 is 12.8 Å². The molecule has 0 aromatic carbocycles. The van der Waals surface area contributed by atoms with Crippen molar-refractivity contribution in [2.24, 2.45) is 0 Å². The standard InChI is InChI=1S/C5H10O4.K.H/c6-3-1-2-5(8)9-4-7;;/h6-7H,1-4H2;;. The van der Waals surface area contributed by atoms with Crippen LogP contribution in [0.4, 0.5) is 0 Å². The first kappa shape index (κ1) is 13.6. The van der Waals surface area contributed by atoms with Gasteiger partial charge in [-0.1, -0.05) is 0 Å². The molecular formula is C5H11KO4. The molecule has 0 radical (unpaired) electrons.